The molecule has 5 aromatic rings. The van der Waals surface area contributed by atoms with E-state index in [0.717, 1.165) is 10.8 Å². The molecule has 1 amide bonds. The smallest absolute Gasteiger partial charge is 0.262 e. The number of methoxy groups -OCH3 is 1. The molecule has 0 bridgehead atoms. The second-order valence-electron chi connectivity index (χ2n) is 8.98. The molecule has 11 heteroatoms. The van der Waals surface area contributed by atoms with Crippen LogP contribution >= 0.6 is 0 Å². The molecule has 4 aromatic carbocycles. The van der Waals surface area contributed by atoms with Gasteiger partial charge in [-0.3, -0.25) is 9.52 Å². The molecular formula is C29H25N5O5S. The fraction of sp³-hybridized carbons (Fsp3) is 0.0690. The molecule has 5 N–H and O–H groups in total. The van der Waals surface area contributed by atoms with Crippen LogP contribution in [0.2, 0.25) is 0 Å². The molecule has 0 saturated heterocycles. The van der Waals surface area contributed by atoms with E-state index in [4.69, 9.17) is 10.5 Å². The number of hydrogen-bond donors (Lipinski definition) is 4. The number of primary amides is 1. The van der Waals surface area contributed by atoms with Crippen molar-refractivity contribution < 1.29 is 23.1 Å². The van der Waals surface area contributed by atoms with Gasteiger partial charge in [-0.15, -0.1) is 10.2 Å². The van der Waals surface area contributed by atoms with E-state index < -0.39 is 15.9 Å². The highest BCUT2D eigenvalue weighted by Crippen LogP contribution is 2.34. The van der Waals surface area contributed by atoms with Crippen LogP contribution in [-0.2, 0) is 10.0 Å². The number of phenolic OH excluding ortho intramolecular Hbond substituents is 1. The Kier molecular flexibility index (Phi) is 6.97. The molecule has 40 heavy (non-hydrogen) atoms. The standard InChI is InChI=1S/C29H25N5O5S/c1-17-10-11-18(14-26(17)40(37,38)34-20-6-5-7-21(35)15-20)27-22-8-3-4-9-23(22)29(33-32-27)31-19-12-13-25(39-2)24(16-19)28(30)36/h3-16,34-35H,1-2H3,(H2,30,36)(H,31,33). The van der Waals surface area contributed by atoms with Crippen molar-refractivity contribution in [2.75, 3.05) is 17.1 Å². The molecule has 5 rings (SSSR count). The maximum absolute atomic E-state index is 13.3. The van der Waals surface area contributed by atoms with Gasteiger partial charge in [0.05, 0.1) is 23.3 Å². The summed E-state index contributed by atoms with van der Waals surface area (Å²) < 4.78 is 34.3. The van der Waals surface area contributed by atoms with Gasteiger partial charge in [-0.25, -0.2) is 8.42 Å². The third kappa shape index (κ3) is 5.22. The Morgan fingerprint density at radius 1 is 0.900 bits per heavy atom. The summed E-state index contributed by atoms with van der Waals surface area (Å²) in [5.41, 5.74) is 8.09. The van der Waals surface area contributed by atoms with Gasteiger partial charge < -0.3 is 20.9 Å². The zero-order chi connectivity index (χ0) is 28.4. The zero-order valence-corrected chi connectivity index (χ0v) is 22.4. The first-order valence-electron chi connectivity index (χ1n) is 12.1. The summed E-state index contributed by atoms with van der Waals surface area (Å²) >= 11 is 0. The highest BCUT2D eigenvalue weighted by molar-refractivity contribution is 7.92. The minimum atomic E-state index is -3.98. The molecule has 0 atom stereocenters. The maximum atomic E-state index is 13.3. The molecule has 1 aromatic heterocycles. The Bertz CT molecular complexity index is 1880. The molecule has 0 saturated carbocycles. The van der Waals surface area contributed by atoms with Crippen LogP contribution < -0.4 is 20.5 Å². The quantitative estimate of drug-likeness (QED) is 0.209. The number of sulfonamides is 1. The van der Waals surface area contributed by atoms with Gasteiger partial charge in [-0.2, -0.15) is 0 Å². The Balaban J connectivity index is 1.55. The molecule has 0 aliphatic rings. The predicted octanol–water partition coefficient (Wildman–Crippen LogP) is 4.96. The second kappa shape index (κ2) is 10.5. The van der Waals surface area contributed by atoms with Crippen molar-refractivity contribution in [2.24, 2.45) is 5.73 Å². The molecule has 0 spiro atoms. The number of hydrogen-bond acceptors (Lipinski definition) is 8. The number of nitrogens with one attached hydrogen (secondary N) is 2. The largest absolute Gasteiger partial charge is 0.508 e. The lowest BCUT2D eigenvalue weighted by Gasteiger charge is -2.14. The molecule has 10 nitrogen and oxygen atoms in total. The van der Waals surface area contributed by atoms with Crippen molar-refractivity contribution in [3.05, 3.63) is 96.1 Å². The third-order valence-electron chi connectivity index (χ3n) is 6.26. The highest BCUT2D eigenvalue weighted by Gasteiger charge is 2.20. The lowest BCUT2D eigenvalue weighted by molar-refractivity contribution is 0.0997. The van der Waals surface area contributed by atoms with Gasteiger partial charge in [-0.05, 0) is 48.9 Å². The number of ether oxygens (including phenoxy) is 1. The minimum absolute atomic E-state index is 0.0541. The molecule has 1 heterocycles. The molecule has 0 aliphatic carbocycles. The number of nitrogens with zero attached hydrogens (tertiary/aromatic N) is 2. The Morgan fingerprint density at radius 3 is 2.40 bits per heavy atom. The first-order valence-corrected chi connectivity index (χ1v) is 13.6. The fourth-order valence-corrected chi connectivity index (χ4v) is 5.66. The van der Waals surface area contributed by atoms with E-state index in [1.165, 1.54) is 19.2 Å². The number of aromatic hydroxyl groups is 1. The SMILES string of the molecule is COc1ccc(Nc2nnc(-c3ccc(C)c(S(=O)(=O)Nc4cccc(O)c4)c3)c3ccccc23)cc1C(N)=O. The fourth-order valence-electron chi connectivity index (χ4n) is 4.34. The number of phenols is 1. The molecule has 0 fully saturated rings. The molecular weight excluding hydrogens is 530 g/mol. The van der Waals surface area contributed by atoms with Gasteiger partial charge >= 0.3 is 0 Å². The van der Waals surface area contributed by atoms with E-state index in [9.17, 15) is 18.3 Å². The monoisotopic (exact) mass is 555 g/mol. The molecule has 0 unspecified atom stereocenters. The number of carbonyl (C=O) groups excluding carboxylic acids is 1. The summed E-state index contributed by atoms with van der Waals surface area (Å²) in [6.07, 6.45) is 0. The Morgan fingerprint density at radius 2 is 1.68 bits per heavy atom. The van der Waals surface area contributed by atoms with Gasteiger partial charge in [0.25, 0.3) is 15.9 Å². The van der Waals surface area contributed by atoms with E-state index in [0.29, 0.717) is 34.1 Å². The second-order valence-corrected chi connectivity index (χ2v) is 10.6. The van der Waals surface area contributed by atoms with Crippen molar-refractivity contribution in [1.29, 1.82) is 0 Å². The lowest BCUT2D eigenvalue weighted by atomic mass is 10.0. The van der Waals surface area contributed by atoms with Crippen molar-refractivity contribution in [2.45, 2.75) is 11.8 Å². The predicted molar refractivity (Wildman–Crippen MR) is 153 cm³/mol. The summed E-state index contributed by atoms with van der Waals surface area (Å²) in [6.45, 7) is 1.70. The number of amides is 1. The normalized spacial score (nSPS) is 11.2. The van der Waals surface area contributed by atoms with Crippen LogP contribution in [0.15, 0.2) is 89.8 Å². The van der Waals surface area contributed by atoms with Crippen molar-refractivity contribution in [3.8, 4) is 22.8 Å². The van der Waals surface area contributed by atoms with Crippen LogP contribution in [-0.4, -0.2) is 36.7 Å². The number of fused-ring (bicyclic) bond motifs is 1. The summed E-state index contributed by atoms with van der Waals surface area (Å²) in [5.74, 6) is 0.107. The van der Waals surface area contributed by atoms with Crippen LogP contribution in [0.5, 0.6) is 11.5 Å². The first-order chi connectivity index (χ1) is 19.2. The number of aromatic nitrogens is 2. The minimum Gasteiger partial charge on any atom is -0.508 e. The van der Waals surface area contributed by atoms with Crippen LogP contribution in [0.4, 0.5) is 17.2 Å². The van der Waals surface area contributed by atoms with Crippen molar-refractivity contribution in [1.82, 2.24) is 10.2 Å². The van der Waals surface area contributed by atoms with Crippen molar-refractivity contribution >= 4 is 43.9 Å². The van der Waals surface area contributed by atoms with Crippen LogP contribution in [0.1, 0.15) is 15.9 Å². The summed E-state index contributed by atoms with van der Waals surface area (Å²) in [5, 5.41) is 23.2. The zero-order valence-electron chi connectivity index (χ0n) is 21.5. The average Bonchev–Trinajstić information content (AvgIpc) is 2.93. The third-order valence-corrected chi connectivity index (χ3v) is 7.79. The highest BCUT2D eigenvalue weighted by atomic mass is 32.2. The van der Waals surface area contributed by atoms with Crippen LogP contribution in [0.25, 0.3) is 22.0 Å². The van der Waals surface area contributed by atoms with E-state index in [-0.39, 0.29) is 21.9 Å². The molecule has 0 aliphatic heterocycles. The number of benzene rings is 4. The van der Waals surface area contributed by atoms with E-state index in [1.807, 2.05) is 24.3 Å². The number of aryl methyl sites for hydroxylation is 1. The maximum Gasteiger partial charge on any atom is 0.262 e. The first kappa shape index (κ1) is 26.4. The average molecular weight is 556 g/mol. The van der Waals surface area contributed by atoms with Crippen molar-refractivity contribution in [3.63, 3.8) is 0 Å². The number of anilines is 3. The summed E-state index contributed by atoms with van der Waals surface area (Å²) in [6, 6.07) is 23.3. The van der Waals surface area contributed by atoms with Gasteiger partial charge in [-0.1, -0.05) is 42.5 Å². The molecule has 202 valence electrons. The van der Waals surface area contributed by atoms with Crippen LogP contribution in [0.3, 0.4) is 0 Å². The number of carbonyl (C=O) groups is 1. The van der Waals surface area contributed by atoms with E-state index >= 15 is 0 Å². The van der Waals surface area contributed by atoms with Gasteiger partial charge in [0.1, 0.15) is 17.2 Å². The van der Waals surface area contributed by atoms with E-state index in [2.05, 4.69) is 20.2 Å². The van der Waals surface area contributed by atoms with Gasteiger partial charge in [0.15, 0.2) is 5.82 Å². The summed E-state index contributed by atoms with van der Waals surface area (Å²) in [7, 11) is -2.52. The van der Waals surface area contributed by atoms with Gasteiger partial charge in [0.2, 0.25) is 0 Å². The lowest BCUT2D eigenvalue weighted by Crippen LogP contribution is -2.14. The van der Waals surface area contributed by atoms with Crippen LogP contribution in [0, 0.1) is 6.92 Å². The van der Waals surface area contributed by atoms with E-state index in [1.54, 1.807) is 55.5 Å². The van der Waals surface area contributed by atoms with Gasteiger partial charge in [0, 0.05) is 28.1 Å². The molecule has 0 radical (unpaired) electrons. The Hall–Kier alpha value is -5.16. The number of nitrogens with two attached hydrogens (primary N) is 1. The topological polar surface area (TPSA) is 157 Å². The summed E-state index contributed by atoms with van der Waals surface area (Å²) in [4.78, 5) is 11.9. The number of rotatable bonds is 8. The Labute approximate surface area is 230 Å².